The summed E-state index contributed by atoms with van der Waals surface area (Å²) in [6.45, 7) is 4.10. The second-order valence-electron chi connectivity index (χ2n) is 7.65. The van der Waals surface area contributed by atoms with Gasteiger partial charge in [-0.3, -0.25) is 4.79 Å². The van der Waals surface area contributed by atoms with Crippen LogP contribution in [-0.4, -0.2) is 20.0 Å². The van der Waals surface area contributed by atoms with E-state index in [1.54, 1.807) is 14.2 Å². The van der Waals surface area contributed by atoms with Gasteiger partial charge in [0, 0.05) is 34.9 Å². The minimum atomic E-state index is -0.581. The van der Waals surface area contributed by atoms with Crippen LogP contribution in [-0.2, 0) is 4.79 Å². The van der Waals surface area contributed by atoms with Crippen LogP contribution in [0.25, 0.3) is 0 Å². The largest absolute Gasteiger partial charge is 0.493 e. The molecule has 0 bridgehead atoms. The summed E-state index contributed by atoms with van der Waals surface area (Å²) in [7, 11) is 3.15. The van der Waals surface area contributed by atoms with Crippen LogP contribution in [0.5, 0.6) is 11.5 Å². The fourth-order valence-electron chi connectivity index (χ4n) is 4.65. The molecule has 2 aliphatic rings. The van der Waals surface area contributed by atoms with Gasteiger partial charge in [0.2, 0.25) is 0 Å². The SMILES string of the molecule is C=C1NC2=C(C(=O)CC(c3ccccc3)C2)C(c2cccc(OC)c2OC)C1C#N. The van der Waals surface area contributed by atoms with Gasteiger partial charge >= 0.3 is 0 Å². The molecule has 0 aromatic heterocycles. The molecule has 1 aliphatic heterocycles. The summed E-state index contributed by atoms with van der Waals surface area (Å²) in [5, 5.41) is 13.2. The lowest BCUT2D eigenvalue weighted by Crippen LogP contribution is -2.38. The van der Waals surface area contributed by atoms with Crippen molar-refractivity contribution in [3.63, 3.8) is 0 Å². The van der Waals surface area contributed by atoms with Crippen molar-refractivity contribution in [2.24, 2.45) is 5.92 Å². The van der Waals surface area contributed by atoms with Gasteiger partial charge in [0.25, 0.3) is 0 Å². The Morgan fingerprint density at radius 3 is 2.50 bits per heavy atom. The van der Waals surface area contributed by atoms with E-state index in [4.69, 9.17) is 9.47 Å². The average Bonchev–Trinajstić information content (AvgIpc) is 2.77. The highest BCUT2D eigenvalue weighted by atomic mass is 16.5. The fraction of sp³-hybridized carbons (Fsp3) is 0.280. The van der Waals surface area contributed by atoms with Gasteiger partial charge in [-0.15, -0.1) is 0 Å². The highest BCUT2D eigenvalue weighted by molar-refractivity contribution is 6.00. The van der Waals surface area contributed by atoms with Crippen LogP contribution in [0.1, 0.15) is 35.8 Å². The third kappa shape index (κ3) is 3.25. The smallest absolute Gasteiger partial charge is 0.164 e. The molecule has 0 spiro atoms. The average molecular weight is 400 g/mol. The van der Waals surface area contributed by atoms with Crippen molar-refractivity contribution in [3.8, 4) is 17.6 Å². The van der Waals surface area contributed by atoms with Crippen molar-refractivity contribution in [1.29, 1.82) is 5.26 Å². The van der Waals surface area contributed by atoms with Crippen LogP contribution in [0.3, 0.4) is 0 Å². The van der Waals surface area contributed by atoms with Crippen LogP contribution >= 0.6 is 0 Å². The number of nitriles is 1. The molecule has 0 fully saturated rings. The number of allylic oxidation sites excluding steroid dienone is 3. The standard InChI is InChI=1S/C25H24N2O3/c1-15-19(14-26)23(18-10-7-11-22(29-2)25(18)30-3)24-20(27-15)12-17(13-21(24)28)16-8-5-4-6-9-16/h4-11,17,19,23,27H,1,12-13H2,2-3H3. The lowest BCUT2D eigenvalue weighted by Gasteiger charge is -2.39. The maximum absolute atomic E-state index is 13.4. The lowest BCUT2D eigenvalue weighted by molar-refractivity contribution is -0.116. The summed E-state index contributed by atoms with van der Waals surface area (Å²) in [6, 6.07) is 18.0. The third-order valence-corrected chi connectivity index (χ3v) is 6.02. The van der Waals surface area contributed by atoms with Crippen LogP contribution in [0, 0.1) is 17.2 Å². The second kappa shape index (κ2) is 8.08. The molecule has 0 amide bonds. The number of carbonyl (C=O) groups excluding carboxylic acids is 1. The summed E-state index contributed by atoms with van der Waals surface area (Å²) in [5.74, 6) is 0.243. The van der Waals surface area contributed by atoms with Gasteiger partial charge in [0.1, 0.15) is 0 Å². The highest BCUT2D eigenvalue weighted by Crippen LogP contribution is 2.49. The number of nitrogens with one attached hydrogen (secondary N) is 1. The van der Waals surface area contributed by atoms with Crippen LogP contribution in [0.2, 0.25) is 0 Å². The topological polar surface area (TPSA) is 71.3 Å². The zero-order chi connectivity index (χ0) is 21.3. The first-order valence-corrected chi connectivity index (χ1v) is 9.96. The number of methoxy groups -OCH3 is 2. The predicted octanol–water partition coefficient (Wildman–Crippen LogP) is 4.44. The van der Waals surface area contributed by atoms with Gasteiger partial charge in [0.15, 0.2) is 17.3 Å². The monoisotopic (exact) mass is 400 g/mol. The molecule has 3 atom stereocenters. The Morgan fingerprint density at radius 2 is 1.83 bits per heavy atom. The number of rotatable bonds is 4. The normalized spacial score (nSPS) is 23.3. The molecule has 2 aromatic carbocycles. The van der Waals surface area contributed by atoms with Gasteiger partial charge in [-0.1, -0.05) is 49.0 Å². The van der Waals surface area contributed by atoms with Crippen molar-refractivity contribution < 1.29 is 14.3 Å². The zero-order valence-electron chi connectivity index (χ0n) is 17.1. The minimum Gasteiger partial charge on any atom is -0.493 e. The summed E-state index contributed by atoms with van der Waals surface area (Å²) >= 11 is 0. The second-order valence-corrected chi connectivity index (χ2v) is 7.65. The molecule has 5 heteroatoms. The number of nitrogens with zero attached hydrogens (tertiary/aromatic N) is 1. The van der Waals surface area contributed by atoms with Gasteiger partial charge in [-0.05, 0) is 24.0 Å². The summed E-state index contributed by atoms with van der Waals surface area (Å²) < 4.78 is 11.1. The maximum Gasteiger partial charge on any atom is 0.164 e. The molecule has 2 aromatic rings. The summed E-state index contributed by atoms with van der Waals surface area (Å²) in [5.41, 5.74) is 4.03. The molecular weight excluding hydrogens is 376 g/mol. The number of ketones is 1. The molecule has 4 rings (SSSR count). The van der Waals surface area contributed by atoms with Crippen molar-refractivity contribution in [1.82, 2.24) is 5.32 Å². The molecule has 0 saturated carbocycles. The Labute approximate surface area is 176 Å². The van der Waals surface area contributed by atoms with Gasteiger partial charge in [0.05, 0.1) is 26.2 Å². The molecule has 1 heterocycles. The maximum atomic E-state index is 13.4. The quantitative estimate of drug-likeness (QED) is 0.821. The molecule has 1 aliphatic carbocycles. The molecule has 30 heavy (non-hydrogen) atoms. The molecule has 1 N–H and O–H groups in total. The summed E-state index contributed by atoms with van der Waals surface area (Å²) in [6.07, 6.45) is 1.11. The van der Waals surface area contributed by atoms with E-state index in [0.717, 1.165) is 16.8 Å². The van der Waals surface area contributed by atoms with Crippen LogP contribution in [0.15, 0.2) is 72.1 Å². The van der Waals surface area contributed by atoms with Crippen LogP contribution in [0.4, 0.5) is 0 Å². The molecule has 152 valence electrons. The molecule has 0 saturated heterocycles. The lowest BCUT2D eigenvalue weighted by atomic mass is 9.69. The van der Waals surface area contributed by atoms with E-state index in [1.807, 2.05) is 36.4 Å². The van der Waals surface area contributed by atoms with E-state index in [0.29, 0.717) is 35.6 Å². The number of Topliss-reactive ketones (excluding diaryl/α,β-unsaturated/α-hetero) is 1. The Hall–Kier alpha value is -3.52. The number of hydrogen-bond acceptors (Lipinski definition) is 5. The predicted molar refractivity (Wildman–Crippen MR) is 114 cm³/mol. The van der Waals surface area contributed by atoms with Crippen molar-refractivity contribution in [2.45, 2.75) is 24.7 Å². The number of carbonyl (C=O) groups is 1. The van der Waals surface area contributed by atoms with E-state index < -0.39 is 11.8 Å². The van der Waals surface area contributed by atoms with E-state index in [9.17, 15) is 10.1 Å². The Kier molecular flexibility index (Phi) is 5.33. The summed E-state index contributed by atoms with van der Waals surface area (Å²) in [4.78, 5) is 13.4. The van der Waals surface area contributed by atoms with Crippen LogP contribution < -0.4 is 14.8 Å². The zero-order valence-corrected chi connectivity index (χ0v) is 17.1. The first-order valence-electron chi connectivity index (χ1n) is 9.96. The Bertz CT molecular complexity index is 1070. The fourth-order valence-corrected chi connectivity index (χ4v) is 4.65. The van der Waals surface area contributed by atoms with E-state index >= 15 is 0 Å². The first kappa shape index (κ1) is 19.8. The van der Waals surface area contributed by atoms with Gasteiger partial charge < -0.3 is 14.8 Å². The number of para-hydroxylation sites is 1. The van der Waals surface area contributed by atoms with E-state index in [2.05, 4.69) is 30.1 Å². The van der Waals surface area contributed by atoms with Crippen molar-refractivity contribution in [3.05, 3.63) is 83.2 Å². The van der Waals surface area contributed by atoms with E-state index in [-0.39, 0.29) is 11.7 Å². The Balaban J connectivity index is 1.85. The number of hydrogen-bond donors (Lipinski definition) is 1. The molecule has 3 unspecified atom stereocenters. The highest BCUT2D eigenvalue weighted by Gasteiger charge is 2.43. The van der Waals surface area contributed by atoms with Crippen molar-refractivity contribution >= 4 is 5.78 Å². The molecular formula is C25H24N2O3. The third-order valence-electron chi connectivity index (χ3n) is 6.02. The van der Waals surface area contributed by atoms with Crippen molar-refractivity contribution in [2.75, 3.05) is 14.2 Å². The number of benzene rings is 2. The molecule has 0 radical (unpaired) electrons. The van der Waals surface area contributed by atoms with E-state index in [1.165, 1.54) is 0 Å². The van der Waals surface area contributed by atoms with Gasteiger partial charge in [-0.25, -0.2) is 0 Å². The minimum absolute atomic E-state index is 0.0558. The Morgan fingerprint density at radius 1 is 1.07 bits per heavy atom. The first-order chi connectivity index (χ1) is 14.6. The number of ether oxygens (including phenoxy) is 2. The van der Waals surface area contributed by atoms with Gasteiger partial charge in [-0.2, -0.15) is 5.26 Å². The molecule has 5 nitrogen and oxygen atoms in total.